The van der Waals surface area contributed by atoms with E-state index in [-0.39, 0.29) is 9.77 Å². The Kier molecular flexibility index (Phi) is 7.40. The average molecular weight is 465 g/mol. The number of hydrogen-bond donors (Lipinski definition) is 1. The van der Waals surface area contributed by atoms with Crippen LogP contribution in [0.4, 0.5) is 0 Å². The molecule has 0 spiro atoms. The summed E-state index contributed by atoms with van der Waals surface area (Å²) in [7, 11) is -3.79. The summed E-state index contributed by atoms with van der Waals surface area (Å²) in [6.45, 7) is 9.15. The van der Waals surface area contributed by atoms with Gasteiger partial charge in [0, 0.05) is 12.6 Å². The van der Waals surface area contributed by atoms with Gasteiger partial charge in [-0.25, -0.2) is 13.1 Å². The van der Waals surface area contributed by atoms with Crippen molar-refractivity contribution in [3.63, 3.8) is 0 Å². The average Bonchev–Trinajstić information content (AvgIpc) is 3.04. The number of fused-ring (bicyclic) bond motifs is 1. The van der Waals surface area contributed by atoms with Crippen molar-refractivity contribution in [2.24, 2.45) is 0 Å². The first-order valence-electron chi connectivity index (χ1n) is 10.4. The first-order valence-corrected chi connectivity index (χ1v) is 12.7. The van der Waals surface area contributed by atoms with Crippen LogP contribution in [-0.4, -0.2) is 26.2 Å². The number of rotatable bonds is 10. The maximum Gasteiger partial charge on any atom is 0.308 e. The molecule has 1 aromatic heterocycles. The van der Waals surface area contributed by atoms with Crippen molar-refractivity contribution >= 4 is 31.6 Å². The van der Waals surface area contributed by atoms with E-state index in [0.717, 1.165) is 28.8 Å². The number of aromatic nitrogens is 1. The molecule has 0 aliphatic carbocycles. The third-order valence-corrected chi connectivity index (χ3v) is 7.28. The van der Waals surface area contributed by atoms with E-state index >= 15 is 0 Å². The molecule has 7 nitrogen and oxygen atoms in total. The standard InChI is InChI=1S/C22H28N2O5S2/c1-5-12-24-18-10-9-17(14-21(18)30-22(24)25)31(26,27)23-15(4)16-8-11-19(28-6-2)20(13-16)29-7-3/h8-11,13-15,23H,5-7,12H2,1-4H3/t15-/m0/s1. The molecule has 0 saturated carbocycles. The molecule has 3 aromatic rings. The summed E-state index contributed by atoms with van der Waals surface area (Å²) in [6.07, 6.45) is 0.830. The fourth-order valence-corrected chi connectivity index (χ4v) is 5.64. The minimum atomic E-state index is -3.79. The number of nitrogens with zero attached hydrogens (tertiary/aromatic N) is 1. The molecule has 2 aromatic carbocycles. The van der Waals surface area contributed by atoms with E-state index < -0.39 is 16.1 Å². The van der Waals surface area contributed by atoms with Crippen LogP contribution >= 0.6 is 11.3 Å². The SMILES string of the molecule is CCCn1c(=O)sc2cc(S(=O)(=O)N[C@@H](C)c3ccc(OCC)c(OCC)c3)ccc21. The van der Waals surface area contributed by atoms with Crippen molar-refractivity contribution in [2.75, 3.05) is 13.2 Å². The Morgan fingerprint density at radius 3 is 2.42 bits per heavy atom. The third-order valence-electron chi connectivity index (χ3n) is 4.80. The van der Waals surface area contributed by atoms with Crippen LogP contribution in [0.3, 0.4) is 0 Å². The highest BCUT2D eigenvalue weighted by atomic mass is 32.2. The number of aryl methyl sites for hydroxylation is 1. The molecular weight excluding hydrogens is 436 g/mol. The molecule has 0 bridgehead atoms. The van der Waals surface area contributed by atoms with E-state index in [4.69, 9.17) is 9.47 Å². The largest absolute Gasteiger partial charge is 0.490 e. The molecule has 0 fully saturated rings. The molecule has 168 valence electrons. The Hall–Kier alpha value is -2.36. The number of benzene rings is 2. The van der Waals surface area contributed by atoms with E-state index in [1.54, 1.807) is 41.8 Å². The maximum absolute atomic E-state index is 13.0. The van der Waals surface area contributed by atoms with Crippen molar-refractivity contribution in [1.29, 1.82) is 0 Å². The van der Waals surface area contributed by atoms with Gasteiger partial charge >= 0.3 is 4.87 Å². The zero-order valence-electron chi connectivity index (χ0n) is 18.2. The van der Waals surface area contributed by atoms with E-state index in [1.165, 1.54) is 0 Å². The van der Waals surface area contributed by atoms with Crippen LogP contribution in [0, 0.1) is 0 Å². The Bertz CT molecular complexity index is 1210. The van der Waals surface area contributed by atoms with Crippen LogP contribution in [0.5, 0.6) is 11.5 Å². The Labute approximate surface area is 186 Å². The van der Waals surface area contributed by atoms with Gasteiger partial charge < -0.3 is 9.47 Å². The van der Waals surface area contributed by atoms with E-state index in [2.05, 4.69) is 4.72 Å². The molecule has 3 rings (SSSR count). The molecule has 0 saturated heterocycles. The van der Waals surface area contributed by atoms with Gasteiger partial charge in [0.05, 0.1) is 28.3 Å². The van der Waals surface area contributed by atoms with Gasteiger partial charge in [-0.1, -0.05) is 24.3 Å². The predicted molar refractivity (Wildman–Crippen MR) is 124 cm³/mol. The fraction of sp³-hybridized carbons (Fsp3) is 0.409. The Morgan fingerprint density at radius 2 is 1.74 bits per heavy atom. The molecule has 1 heterocycles. The van der Waals surface area contributed by atoms with Gasteiger partial charge in [-0.05, 0) is 63.1 Å². The van der Waals surface area contributed by atoms with Gasteiger partial charge in [-0.3, -0.25) is 9.36 Å². The quantitative estimate of drug-likeness (QED) is 0.483. The predicted octanol–water partition coefficient (Wildman–Crippen LogP) is 4.31. The normalized spacial score (nSPS) is 12.8. The van der Waals surface area contributed by atoms with Crippen LogP contribution < -0.4 is 19.1 Å². The van der Waals surface area contributed by atoms with Crippen LogP contribution in [-0.2, 0) is 16.6 Å². The lowest BCUT2D eigenvalue weighted by molar-refractivity contribution is 0.287. The molecular formula is C22H28N2O5S2. The third kappa shape index (κ3) is 5.11. The molecule has 9 heteroatoms. The number of hydrogen-bond acceptors (Lipinski definition) is 6. The Morgan fingerprint density at radius 1 is 1.03 bits per heavy atom. The molecule has 1 N–H and O–H groups in total. The molecule has 1 atom stereocenters. The van der Waals surface area contributed by atoms with Gasteiger partial charge in [0.2, 0.25) is 10.0 Å². The molecule has 0 radical (unpaired) electrons. The number of nitrogens with one attached hydrogen (secondary N) is 1. The van der Waals surface area contributed by atoms with Gasteiger partial charge in [-0.15, -0.1) is 0 Å². The highest BCUT2D eigenvalue weighted by molar-refractivity contribution is 7.89. The topological polar surface area (TPSA) is 86.6 Å². The number of ether oxygens (including phenoxy) is 2. The lowest BCUT2D eigenvalue weighted by atomic mass is 10.1. The van der Waals surface area contributed by atoms with Crippen LogP contribution in [0.15, 0.2) is 46.1 Å². The second kappa shape index (κ2) is 9.84. The molecule has 0 aliphatic rings. The highest BCUT2D eigenvalue weighted by Crippen LogP contribution is 2.31. The monoisotopic (exact) mass is 464 g/mol. The summed E-state index contributed by atoms with van der Waals surface area (Å²) < 4.78 is 42.3. The summed E-state index contributed by atoms with van der Waals surface area (Å²) in [5.41, 5.74) is 1.52. The van der Waals surface area contributed by atoms with E-state index in [0.29, 0.717) is 36.0 Å². The number of sulfonamides is 1. The summed E-state index contributed by atoms with van der Waals surface area (Å²) >= 11 is 1.06. The minimum absolute atomic E-state index is 0.0782. The summed E-state index contributed by atoms with van der Waals surface area (Å²) in [5.74, 6) is 1.21. The van der Waals surface area contributed by atoms with Gasteiger partial charge in [0.15, 0.2) is 11.5 Å². The molecule has 31 heavy (non-hydrogen) atoms. The summed E-state index contributed by atoms with van der Waals surface area (Å²) in [5, 5.41) is 0. The van der Waals surface area contributed by atoms with Crippen molar-refractivity contribution in [3.05, 3.63) is 51.6 Å². The molecule has 0 aliphatic heterocycles. The lowest BCUT2D eigenvalue weighted by Gasteiger charge is -2.17. The lowest BCUT2D eigenvalue weighted by Crippen LogP contribution is -2.27. The van der Waals surface area contributed by atoms with Crippen molar-refractivity contribution in [1.82, 2.24) is 9.29 Å². The van der Waals surface area contributed by atoms with E-state index in [1.807, 2.05) is 26.8 Å². The van der Waals surface area contributed by atoms with Crippen molar-refractivity contribution < 1.29 is 17.9 Å². The van der Waals surface area contributed by atoms with Crippen molar-refractivity contribution in [3.8, 4) is 11.5 Å². The first kappa shape index (κ1) is 23.3. The molecule has 0 amide bonds. The fourth-order valence-electron chi connectivity index (χ4n) is 3.36. The van der Waals surface area contributed by atoms with Gasteiger partial charge in [-0.2, -0.15) is 0 Å². The minimum Gasteiger partial charge on any atom is -0.490 e. The number of thiazole rings is 1. The zero-order chi connectivity index (χ0) is 22.6. The second-order valence-electron chi connectivity index (χ2n) is 7.06. The van der Waals surface area contributed by atoms with Gasteiger partial charge in [0.1, 0.15) is 0 Å². The maximum atomic E-state index is 13.0. The highest BCUT2D eigenvalue weighted by Gasteiger charge is 2.21. The van der Waals surface area contributed by atoms with E-state index in [9.17, 15) is 13.2 Å². The first-order chi connectivity index (χ1) is 14.8. The molecule has 0 unspecified atom stereocenters. The Balaban J connectivity index is 1.87. The summed E-state index contributed by atoms with van der Waals surface area (Å²) in [6, 6.07) is 9.72. The van der Waals surface area contributed by atoms with Gasteiger partial charge in [0.25, 0.3) is 0 Å². The second-order valence-corrected chi connectivity index (χ2v) is 9.77. The van der Waals surface area contributed by atoms with Crippen LogP contribution in [0.1, 0.15) is 45.7 Å². The van der Waals surface area contributed by atoms with Crippen LogP contribution in [0.2, 0.25) is 0 Å². The smallest absolute Gasteiger partial charge is 0.308 e. The van der Waals surface area contributed by atoms with Crippen LogP contribution in [0.25, 0.3) is 10.2 Å². The van der Waals surface area contributed by atoms with Crippen molar-refractivity contribution in [2.45, 2.75) is 51.6 Å². The zero-order valence-corrected chi connectivity index (χ0v) is 19.8. The summed E-state index contributed by atoms with van der Waals surface area (Å²) in [4.78, 5) is 12.3.